The second-order valence-electron chi connectivity index (χ2n) is 6.69. The van der Waals surface area contributed by atoms with E-state index >= 15 is 0 Å². The van der Waals surface area contributed by atoms with E-state index in [-0.39, 0.29) is 18.2 Å². The first-order chi connectivity index (χ1) is 13.2. The molecule has 6 nitrogen and oxygen atoms in total. The maximum atomic E-state index is 12.1. The summed E-state index contributed by atoms with van der Waals surface area (Å²) in [7, 11) is 0. The summed E-state index contributed by atoms with van der Waals surface area (Å²) in [6.07, 6.45) is 2.58. The number of amides is 3. The first kappa shape index (κ1) is 18.8. The van der Waals surface area contributed by atoms with Crippen molar-refractivity contribution in [2.75, 3.05) is 5.32 Å². The summed E-state index contributed by atoms with van der Waals surface area (Å²) in [5, 5.41) is 8.57. The number of carbonyl (C=O) groups excluding carboxylic acids is 2. The van der Waals surface area contributed by atoms with Crippen LogP contribution in [-0.4, -0.2) is 24.3 Å². The third-order valence-electron chi connectivity index (χ3n) is 4.55. The molecule has 6 heteroatoms. The molecule has 3 amide bonds. The highest BCUT2D eigenvalue weighted by molar-refractivity contribution is 5.84. The highest BCUT2D eigenvalue weighted by Gasteiger charge is 2.26. The van der Waals surface area contributed by atoms with Gasteiger partial charge in [0.1, 0.15) is 6.10 Å². The molecule has 0 unspecified atom stereocenters. The number of benzene rings is 2. The van der Waals surface area contributed by atoms with E-state index in [1.807, 2.05) is 60.7 Å². The number of hydrogen-bond acceptors (Lipinski definition) is 3. The van der Waals surface area contributed by atoms with Crippen molar-refractivity contribution in [3.63, 3.8) is 0 Å². The van der Waals surface area contributed by atoms with Crippen LogP contribution in [0.4, 0.5) is 15.3 Å². The van der Waals surface area contributed by atoms with Crippen LogP contribution in [0.5, 0.6) is 0 Å². The average Bonchev–Trinajstić information content (AvgIpc) is 2.68. The van der Waals surface area contributed by atoms with Gasteiger partial charge in [0.05, 0.1) is 0 Å². The molecule has 0 saturated heterocycles. The number of ether oxygens (including phenoxy) is 1. The molecule has 0 bridgehead atoms. The maximum Gasteiger partial charge on any atom is 0.411 e. The molecule has 2 aromatic carbocycles. The standard InChI is InChI=1S/C21H25N3O3/c25-20(22-15-16-8-3-1-4-9-16)23-18-12-7-13-19(14-18)27-21(26)24-17-10-5-2-6-11-17/h1-6,8-11,18-19H,7,12-15H2,(H,24,26)(H2,22,23,25)/t18-,19-/m0/s1. The van der Waals surface area contributed by atoms with E-state index in [4.69, 9.17) is 4.74 Å². The van der Waals surface area contributed by atoms with Gasteiger partial charge in [-0.1, -0.05) is 48.5 Å². The van der Waals surface area contributed by atoms with Gasteiger partial charge in [-0.05, 0) is 37.0 Å². The zero-order chi connectivity index (χ0) is 18.9. The van der Waals surface area contributed by atoms with Crippen molar-refractivity contribution in [1.82, 2.24) is 10.6 Å². The van der Waals surface area contributed by atoms with Gasteiger partial charge in [0, 0.05) is 24.7 Å². The van der Waals surface area contributed by atoms with Crippen molar-refractivity contribution in [1.29, 1.82) is 0 Å². The number of urea groups is 1. The van der Waals surface area contributed by atoms with E-state index in [0.717, 1.165) is 24.8 Å². The van der Waals surface area contributed by atoms with Gasteiger partial charge in [0.25, 0.3) is 0 Å². The molecule has 3 rings (SSSR count). The highest BCUT2D eigenvalue weighted by atomic mass is 16.6. The van der Waals surface area contributed by atoms with Gasteiger partial charge in [0.2, 0.25) is 0 Å². The van der Waals surface area contributed by atoms with E-state index in [2.05, 4.69) is 16.0 Å². The van der Waals surface area contributed by atoms with Gasteiger partial charge in [0.15, 0.2) is 0 Å². The Bertz CT molecular complexity index is 737. The van der Waals surface area contributed by atoms with Crippen molar-refractivity contribution in [2.24, 2.45) is 0 Å². The first-order valence-corrected chi connectivity index (χ1v) is 9.30. The number of hydrogen-bond donors (Lipinski definition) is 3. The number of para-hydroxylation sites is 1. The molecule has 1 aliphatic rings. The highest BCUT2D eigenvalue weighted by Crippen LogP contribution is 2.22. The van der Waals surface area contributed by atoms with Crippen molar-refractivity contribution < 1.29 is 14.3 Å². The normalized spacial score (nSPS) is 19.0. The molecule has 2 aromatic rings. The van der Waals surface area contributed by atoms with Crippen LogP contribution in [-0.2, 0) is 11.3 Å². The lowest BCUT2D eigenvalue weighted by atomic mass is 9.93. The lowest BCUT2D eigenvalue weighted by Crippen LogP contribution is -2.45. The Morgan fingerprint density at radius 2 is 1.67 bits per heavy atom. The van der Waals surface area contributed by atoms with Crippen LogP contribution < -0.4 is 16.0 Å². The summed E-state index contributed by atoms with van der Waals surface area (Å²) in [5.41, 5.74) is 1.75. The third-order valence-corrected chi connectivity index (χ3v) is 4.55. The molecule has 0 heterocycles. The fourth-order valence-corrected chi connectivity index (χ4v) is 3.22. The van der Waals surface area contributed by atoms with E-state index in [1.165, 1.54) is 0 Å². The van der Waals surface area contributed by atoms with Gasteiger partial charge in [-0.2, -0.15) is 0 Å². The minimum atomic E-state index is -0.458. The topological polar surface area (TPSA) is 79.5 Å². The van der Waals surface area contributed by atoms with Crippen LogP contribution >= 0.6 is 0 Å². The quantitative estimate of drug-likeness (QED) is 0.746. The monoisotopic (exact) mass is 367 g/mol. The Labute approximate surface area is 159 Å². The first-order valence-electron chi connectivity index (χ1n) is 9.30. The fourth-order valence-electron chi connectivity index (χ4n) is 3.22. The van der Waals surface area contributed by atoms with Crippen molar-refractivity contribution in [3.05, 3.63) is 66.2 Å². The van der Waals surface area contributed by atoms with Crippen molar-refractivity contribution in [2.45, 2.75) is 44.4 Å². The number of carbonyl (C=O) groups is 2. The molecular formula is C21H25N3O3. The van der Waals surface area contributed by atoms with Crippen LogP contribution in [0.2, 0.25) is 0 Å². The Kier molecular flexibility index (Phi) is 6.68. The zero-order valence-electron chi connectivity index (χ0n) is 15.2. The molecule has 2 atom stereocenters. The van der Waals surface area contributed by atoms with E-state index in [1.54, 1.807) is 0 Å². The fraction of sp³-hybridized carbons (Fsp3) is 0.333. The maximum absolute atomic E-state index is 12.1. The van der Waals surface area contributed by atoms with E-state index in [9.17, 15) is 9.59 Å². The van der Waals surface area contributed by atoms with Crippen molar-refractivity contribution >= 4 is 17.8 Å². The largest absolute Gasteiger partial charge is 0.446 e. The summed E-state index contributed by atoms with van der Waals surface area (Å²) in [6, 6.07) is 18.8. The van der Waals surface area contributed by atoms with Crippen LogP contribution in [0, 0.1) is 0 Å². The van der Waals surface area contributed by atoms with Gasteiger partial charge in [-0.3, -0.25) is 5.32 Å². The third kappa shape index (κ3) is 6.33. The molecule has 142 valence electrons. The molecule has 0 aliphatic heterocycles. The Morgan fingerprint density at radius 3 is 2.41 bits per heavy atom. The molecule has 1 saturated carbocycles. The van der Waals surface area contributed by atoms with Crippen LogP contribution in [0.1, 0.15) is 31.2 Å². The summed E-state index contributed by atoms with van der Waals surface area (Å²) >= 11 is 0. The van der Waals surface area contributed by atoms with Crippen LogP contribution in [0.3, 0.4) is 0 Å². The SMILES string of the molecule is O=C(NCc1ccccc1)N[C@H]1CCC[C@H](OC(=O)Nc2ccccc2)C1. The van der Waals surface area contributed by atoms with E-state index in [0.29, 0.717) is 18.7 Å². The summed E-state index contributed by atoms with van der Waals surface area (Å²) < 4.78 is 5.51. The molecule has 1 aliphatic carbocycles. The number of rotatable bonds is 5. The average molecular weight is 367 g/mol. The lowest BCUT2D eigenvalue weighted by Gasteiger charge is -2.29. The summed E-state index contributed by atoms with van der Waals surface area (Å²) in [4.78, 5) is 24.1. The predicted octanol–water partition coefficient (Wildman–Crippen LogP) is 4.05. The molecule has 27 heavy (non-hydrogen) atoms. The molecule has 0 aromatic heterocycles. The second-order valence-corrected chi connectivity index (χ2v) is 6.69. The van der Waals surface area contributed by atoms with Crippen LogP contribution in [0.15, 0.2) is 60.7 Å². The minimum Gasteiger partial charge on any atom is -0.446 e. The summed E-state index contributed by atoms with van der Waals surface area (Å²) in [5.74, 6) is 0. The lowest BCUT2D eigenvalue weighted by molar-refractivity contribution is 0.0776. The van der Waals surface area contributed by atoms with Gasteiger partial charge < -0.3 is 15.4 Å². The minimum absolute atomic E-state index is 0.00375. The summed E-state index contributed by atoms with van der Waals surface area (Å²) in [6.45, 7) is 0.485. The Morgan fingerprint density at radius 1 is 0.963 bits per heavy atom. The van der Waals surface area contributed by atoms with Crippen molar-refractivity contribution in [3.8, 4) is 0 Å². The zero-order valence-corrected chi connectivity index (χ0v) is 15.2. The molecular weight excluding hydrogens is 342 g/mol. The van der Waals surface area contributed by atoms with Gasteiger partial charge >= 0.3 is 12.1 Å². The molecule has 0 spiro atoms. The smallest absolute Gasteiger partial charge is 0.411 e. The Balaban J connectivity index is 1.40. The molecule has 1 fully saturated rings. The number of nitrogens with one attached hydrogen (secondary N) is 3. The number of anilines is 1. The Hall–Kier alpha value is -3.02. The molecule has 3 N–H and O–H groups in total. The van der Waals surface area contributed by atoms with E-state index < -0.39 is 6.09 Å². The van der Waals surface area contributed by atoms with Crippen LogP contribution in [0.25, 0.3) is 0 Å². The second kappa shape index (κ2) is 9.62. The predicted molar refractivity (Wildman–Crippen MR) is 104 cm³/mol. The van der Waals surface area contributed by atoms with Gasteiger partial charge in [-0.25, -0.2) is 9.59 Å². The van der Waals surface area contributed by atoms with Gasteiger partial charge in [-0.15, -0.1) is 0 Å². The molecule has 0 radical (unpaired) electrons.